The summed E-state index contributed by atoms with van der Waals surface area (Å²) in [6.07, 6.45) is 0.666. The standard InChI is InChI=1S/C13H14ClNO2/c1-2-17-13(16)8-11(9-15)7-10-3-5-12(14)6-4-10/h3-6,11H,2,7-8H2,1H3. The molecule has 90 valence electrons. The van der Waals surface area contributed by atoms with Gasteiger partial charge in [0.2, 0.25) is 0 Å². The van der Waals surface area contributed by atoms with Crippen molar-refractivity contribution >= 4 is 17.6 Å². The van der Waals surface area contributed by atoms with Crippen LogP contribution in [0.25, 0.3) is 0 Å². The number of rotatable bonds is 5. The van der Waals surface area contributed by atoms with E-state index in [-0.39, 0.29) is 18.3 Å². The second-order valence-corrected chi connectivity index (χ2v) is 4.10. The molecule has 3 nitrogen and oxygen atoms in total. The predicted octanol–water partition coefficient (Wildman–Crippen LogP) is 2.98. The van der Waals surface area contributed by atoms with E-state index in [9.17, 15) is 4.79 Å². The van der Waals surface area contributed by atoms with Crippen molar-refractivity contribution in [3.63, 3.8) is 0 Å². The first-order valence-corrected chi connectivity index (χ1v) is 5.83. The van der Waals surface area contributed by atoms with E-state index in [0.29, 0.717) is 18.1 Å². The molecule has 1 unspecified atom stereocenters. The van der Waals surface area contributed by atoms with Crippen LogP contribution in [0.5, 0.6) is 0 Å². The minimum atomic E-state index is -0.352. The molecular formula is C13H14ClNO2. The van der Waals surface area contributed by atoms with Gasteiger partial charge >= 0.3 is 5.97 Å². The lowest BCUT2D eigenvalue weighted by Crippen LogP contribution is -2.12. The van der Waals surface area contributed by atoms with E-state index in [1.807, 2.05) is 12.1 Å². The molecule has 1 aromatic rings. The first-order valence-electron chi connectivity index (χ1n) is 5.45. The maximum atomic E-state index is 11.3. The topological polar surface area (TPSA) is 50.1 Å². The highest BCUT2D eigenvalue weighted by atomic mass is 35.5. The highest BCUT2D eigenvalue weighted by molar-refractivity contribution is 6.30. The van der Waals surface area contributed by atoms with Crippen molar-refractivity contribution in [3.05, 3.63) is 34.9 Å². The van der Waals surface area contributed by atoms with Crippen LogP contribution in [0.4, 0.5) is 0 Å². The molecule has 17 heavy (non-hydrogen) atoms. The van der Waals surface area contributed by atoms with E-state index in [4.69, 9.17) is 21.6 Å². The predicted molar refractivity (Wildman–Crippen MR) is 65.5 cm³/mol. The Labute approximate surface area is 106 Å². The molecule has 0 aliphatic rings. The zero-order chi connectivity index (χ0) is 12.7. The summed E-state index contributed by atoms with van der Waals surface area (Å²) >= 11 is 5.77. The summed E-state index contributed by atoms with van der Waals surface area (Å²) in [6.45, 7) is 2.09. The minimum absolute atomic E-state index is 0.132. The second kappa shape index (κ2) is 6.93. The normalized spacial score (nSPS) is 11.6. The van der Waals surface area contributed by atoms with Crippen molar-refractivity contribution in [1.29, 1.82) is 5.26 Å². The van der Waals surface area contributed by atoms with Crippen molar-refractivity contribution in [1.82, 2.24) is 0 Å². The Morgan fingerprint density at radius 3 is 2.65 bits per heavy atom. The van der Waals surface area contributed by atoms with Crippen LogP contribution >= 0.6 is 11.6 Å². The number of halogens is 1. The minimum Gasteiger partial charge on any atom is -0.466 e. The van der Waals surface area contributed by atoms with Crippen molar-refractivity contribution in [2.24, 2.45) is 5.92 Å². The maximum Gasteiger partial charge on any atom is 0.307 e. The summed E-state index contributed by atoms with van der Waals surface area (Å²) in [6, 6.07) is 9.39. The monoisotopic (exact) mass is 251 g/mol. The van der Waals surface area contributed by atoms with Crippen LogP contribution in [-0.2, 0) is 16.0 Å². The number of benzene rings is 1. The molecule has 0 fully saturated rings. The third-order valence-corrected chi connectivity index (χ3v) is 2.55. The lowest BCUT2D eigenvalue weighted by Gasteiger charge is -2.08. The number of hydrogen-bond acceptors (Lipinski definition) is 3. The molecule has 0 amide bonds. The van der Waals surface area contributed by atoms with Gasteiger partial charge in [0.1, 0.15) is 0 Å². The summed E-state index contributed by atoms with van der Waals surface area (Å²) in [5.74, 6) is -0.678. The van der Waals surface area contributed by atoms with Crippen molar-refractivity contribution < 1.29 is 9.53 Å². The summed E-state index contributed by atoms with van der Waals surface area (Å²) in [4.78, 5) is 11.3. The van der Waals surface area contributed by atoms with Crippen molar-refractivity contribution in [3.8, 4) is 6.07 Å². The first-order chi connectivity index (χ1) is 8.15. The van der Waals surface area contributed by atoms with E-state index in [2.05, 4.69) is 6.07 Å². The zero-order valence-corrected chi connectivity index (χ0v) is 10.4. The summed E-state index contributed by atoms with van der Waals surface area (Å²) in [5.41, 5.74) is 0.991. The van der Waals surface area contributed by atoms with Gasteiger partial charge in [-0.05, 0) is 31.0 Å². The smallest absolute Gasteiger partial charge is 0.307 e. The lowest BCUT2D eigenvalue weighted by atomic mass is 9.98. The van der Waals surface area contributed by atoms with E-state index in [1.165, 1.54) is 0 Å². The Bertz CT molecular complexity index is 408. The number of ether oxygens (including phenoxy) is 1. The Hall–Kier alpha value is -1.53. The molecule has 0 radical (unpaired) electrons. The van der Waals surface area contributed by atoms with Crippen molar-refractivity contribution in [2.45, 2.75) is 19.8 Å². The number of carbonyl (C=O) groups is 1. The number of nitrogens with zero attached hydrogens (tertiary/aromatic N) is 1. The van der Waals surface area contributed by atoms with Crippen LogP contribution in [-0.4, -0.2) is 12.6 Å². The highest BCUT2D eigenvalue weighted by Gasteiger charge is 2.14. The lowest BCUT2D eigenvalue weighted by molar-refractivity contribution is -0.143. The Kier molecular flexibility index (Phi) is 5.51. The second-order valence-electron chi connectivity index (χ2n) is 3.67. The van der Waals surface area contributed by atoms with Crippen LogP contribution in [0.1, 0.15) is 18.9 Å². The molecule has 1 atom stereocenters. The van der Waals surface area contributed by atoms with Gasteiger partial charge in [0.05, 0.1) is 25.0 Å². The highest BCUT2D eigenvalue weighted by Crippen LogP contribution is 2.15. The Morgan fingerprint density at radius 2 is 2.12 bits per heavy atom. The number of esters is 1. The van der Waals surface area contributed by atoms with Crippen LogP contribution in [0, 0.1) is 17.2 Å². The molecule has 0 saturated carbocycles. The van der Waals surface area contributed by atoms with Gasteiger partial charge in [0.15, 0.2) is 0 Å². The molecule has 1 aromatic carbocycles. The van der Waals surface area contributed by atoms with Gasteiger partial charge < -0.3 is 4.74 Å². The fraction of sp³-hybridized carbons (Fsp3) is 0.385. The van der Waals surface area contributed by atoms with Gasteiger partial charge in [-0.25, -0.2) is 0 Å². The molecule has 1 rings (SSSR count). The Balaban J connectivity index is 2.55. The quantitative estimate of drug-likeness (QED) is 0.756. The molecule has 0 saturated heterocycles. The number of hydrogen-bond donors (Lipinski definition) is 0. The van der Waals surface area contributed by atoms with Gasteiger partial charge in [0, 0.05) is 5.02 Å². The van der Waals surface area contributed by atoms with E-state index in [1.54, 1.807) is 19.1 Å². The van der Waals surface area contributed by atoms with Crippen LogP contribution in [0.3, 0.4) is 0 Å². The fourth-order valence-corrected chi connectivity index (χ4v) is 1.62. The average molecular weight is 252 g/mol. The molecule has 4 heteroatoms. The molecule has 0 spiro atoms. The van der Waals surface area contributed by atoms with Crippen LogP contribution in [0.15, 0.2) is 24.3 Å². The summed E-state index contributed by atoms with van der Waals surface area (Å²) < 4.78 is 4.82. The largest absolute Gasteiger partial charge is 0.466 e. The zero-order valence-electron chi connectivity index (χ0n) is 9.65. The average Bonchev–Trinajstić information content (AvgIpc) is 2.31. The third-order valence-electron chi connectivity index (χ3n) is 2.30. The van der Waals surface area contributed by atoms with E-state index >= 15 is 0 Å². The Morgan fingerprint density at radius 1 is 1.47 bits per heavy atom. The molecule has 0 aromatic heterocycles. The van der Waals surface area contributed by atoms with Gasteiger partial charge in [-0.3, -0.25) is 4.79 Å². The molecule has 0 aliphatic heterocycles. The van der Waals surface area contributed by atoms with E-state index < -0.39 is 0 Å². The molecule has 0 heterocycles. The molecular weight excluding hydrogens is 238 g/mol. The van der Waals surface area contributed by atoms with Gasteiger partial charge in [-0.15, -0.1) is 0 Å². The van der Waals surface area contributed by atoms with E-state index in [0.717, 1.165) is 5.56 Å². The van der Waals surface area contributed by atoms with Gasteiger partial charge in [-0.1, -0.05) is 23.7 Å². The van der Waals surface area contributed by atoms with Crippen molar-refractivity contribution in [2.75, 3.05) is 6.61 Å². The maximum absolute atomic E-state index is 11.3. The molecule has 0 bridgehead atoms. The number of carbonyl (C=O) groups excluding carboxylic acids is 1. The van der Waals surface area contributed by atoms with Gasteiger partial charge in [-0.2, -0.15) is 5.26 Å². The van der Waals surface area contributed by atoms with Crippen LogP contribution in [0.2, 0.25) is 5.02 Å². The molecule has 0 aliphatic carbocycles. The van der Waals surface area contributed by atoms with Crippen LogP contribution < -0.4 is 0 Å². The van der Waals surface area contributed by atoms with Gasteiger partial charge in [0.25, 0.3) is 0 Å². The summed E-state index contributed by atoms with van der Waals surface area (Å²) in [7, 11) is 0. The SMILES string of the molecule is CCOC(=O)CC(C#N)Cc1ccc(Cl)cc1. The number of nitriles is 1. The third kappa shape index (κ3) is 4.88. The first kappa shape index (κ1) is 13.5. The fourth-order valence-electron chi connectivity index (χ4n) is 1.49. The summed E-state index contributed by atoms with van der Waals surface area (Å²) in [5, 5.41) is 9.64. The molecule has 0 N–H and O–H groups in total.